The van der Waals surface area contributed by atoms with E-state index in [-0.39, 0.29) is 0 Å². The Labute approximate surface area is 246 Å². The summed E-state index contributed by atoms with van der Waals surface area (Å²) in [6.07, 6.45) is 0. The third-order valence-electron chi connectivity index (χ3n) is 8.29. The molecule has 0 atom stereocenters. The van der Waals surface area contributed by atoms with E-state index in [0.29, 0.717) is 17.5 Å². The summed E-state index contributed by atoms with van der Waals surface area (Å²) in [7, 11) is 0. The zero-order chi connectivity index (χ0) is 28.3. The quantitative estimate of drug-likeness (QED) is 0.206. The smallest absolute Gasteiger partial charge is 0.164 e. The highest BCUT2D eigenvalue weighted by molar-refractivity contribution is 6.28. The topological polar surface area (TPSA) is 51.8 Å². The Balaban J connectivity index is 1.27. The predicted octanol–water partition coefficient (Wildman–Crippen LogP) is 10.2. The van der Waals surface area contributed by atoms with Crippen LogP contribution in [0.2, 0.25) is 0 Å². The molecule has 7 aromatic carbocycles. The Bertz CT molecular complexity index is 2440. The van der Waals surface area contributed by atoms with Gasteiger partial charge in [-0.05, 0) is 56.6 Å². The molecular weight excluding hydrogens is 526 g/mol. The number of rotatable bonds is 3. The van der Waals surface area contributed by atoms with Gasteiger partial charge in [-0.1, -0.05) is 115 Å². The van der Waals surface area contributed by atoms with Crippen molar-refractivity contribution in [2.75, 3.05) is 0 Å². The zero-order valence-corrected chi connectivity index (χ0v) is 23.0. The maximum atomic E-state index is 6.19. The molecule has 43 heavy (non-hydrogen) atoms. The lowest BCUT2D eigenvalue weighted by Crippen LogP contribution is -2.00. The molecule has 9 rings (SSSR count). The lowest BCUT2D eigenvalue weighted by molar-refractivity contribution is 0.669. The predicted molar refractivity (Wildman–Crippen MR) is 176 cm³/mol. The first-order valence-electron chi connectivity index (χ1n) is 14.4. The number of fused-ring (bicyclic) bond motifs is 9. The summed E-state index contributed by atoms with van der Waals surface area (Å²) in [5.41, 5.74) is 4.69. The van der Waals surface area contributed by atoms with Crippen molar-refractivity contribution in [3.8, 4) is 34.2 Å². The van der Waals surface area contributed by atoms with Crippen molar-refractivity contribution in [1.82, 2.24) is 15.0 Å². The molecule has 0 fully saturated rings. The van der Waals surface area contributed by atoms with Gasteiger partial charge in [0.05, 0.1) is 0 Å². The summed E-state index contributed by atoms with van der Waals surface area (Å²) in [6, 6.07) is 48.1. The van der Waals surface area contributed by atoms with Gasteiger partial charge in [0.25, 0.3) is 0 Å². The van der Waals surface area contributed by atoms with Crippen molar-refractivity contribution in [2.24, 2.45) is 0 Å². The molecule has 0 aliphatic heterocycles. The first kappa shape index (κ1) is 23.8. The van der Waals surface area contributed by atoms with E-state index in [0.717, 1.165) is 44.0 Å². The number of furan rings is 1. The molecule has 0 radical (unpaired) electrons. The van der Waals surface area contributed by atoms with Gasteiger partial charge in [0.1, 0.15) is 11.2 Å². The van der Waals surface area contributed by atoms with Crippen LogP contribution in [0.3, 0.4) is 0 Å². The fourth-order valence-electron chi connectivity index (χ4n) is 6.27. The highest BCUT2D eigenvalue weighted by Crippen LogP contribution is 2.40. The van der Waals surface area contributed by atoms with E-state index in [1.165, 1.54) is 26.9 Å². The van der Waals surface area contributed by atoms with Crippen LogP contribution in [0.15, 0.2) is 144 Å². The highest BCUT2D eigenvalue weighted by Gasteiger charge is 2.15. The van der Waals surface area contributed by atoms with Gasteiger partial charge in [-0.2, -0.15) is 0 Å². The third kappa shape index (κ3) is 3.81. The molecular formula is C39H23N3O. The van der Waals surface area contributed by atoms with Crippen LogP contribution in [0, 0.1) is 0 Å². The SMILES string of the molecule is c1ccc(-c2nc(-c3ccccc3)nc(-c3ccc4c(ccc5ccc6c(ccc7oc8ccccc8c76)c54)c3)n2)cc1. The highest BCUT2D eigenvalue weighted by atomic mass is 16.3. The van der Waals surface area contributed by atoms with Gasteiger partial charge in [0.15, 0.2) is 17.5 Å². The molecule has 200 valence electrons. The molecule has 9 aromatic rings. The van der Waals surface area contributed by atoms with Gasteiger partial charge in [-0.15, -0.1) is 0 Å². The van der Waals surface area contributed by atoms with Crippen LogP contribution >= 0.6 is 0 Å². The average molecular weight is 550 g/mol. The van der Waals surface area contributed by atoms with Crippen molar-refractivity contribution in [3.63, 3.8) is 0 Å². The number of benzene rings is 7. The van der Waals surface area contributed by atoms with Crippen LogP contribution in [0.5, 0.6) is 0 Å². The number of hydrogen-bond donors (Lipinski definition) is 0. The summed E-state index contributed by atoms with van der Waals surface area (Å²) >= 11 is 0. The van der Waals surface area contributed by atoms with Crippen molar-refractivity contribution in [1.29, 1.82) is 0 Å². The Morgan fingerprint density at radius 3 is 1.65 bits per heavy atom. The van der Waals surface area contributed by atoms with E-state index in [9.17, 15) is 0 Å². The standard InChI is InChI=1S/C39H23N3O/c1-3-9-25(10-4-1)37-40-38(26-11-5-2-6-12-26)42-39(41-37)28-18-19-29-27(23-28)16-15-24-17-20-31-30(35(24)29)21-22-34-36(31)32-13-7-8-14-33(32)43-34/h1-23H. The van der Waals surface area contributed by atoms with Gasteiger partial charge in [0, 0.05) is 27.5 Å². The summed E-state index contributed by atoms with van der Waals surface area (Å²) in [5, 5.41) is 9.49. The number of nitrogens with zero attached hydrogens (tertiary/aromatic N) is 3. The summed E-state index contributed by atoms with van der Waals surface area (Å²) in [5.74, 6) is 1.97. The molecule has 0 saturated heterocycles. The molecule has 0 bridgehead atoms. The van der Waals surface area contributed by atoms with Crippen LogP contribution in [-0.4, -0.2) is 15.0 Å². The lowest BCUT2D eigenvalue weighted by Gasteiger charge is -2.11. The minimum atomic E-state index is 0.652. The van der Waals surface area contributed by atoms with Crippen molar-refractivity contribution in [3.05, 3.63) is 140 Å². The van der Waals surface area contributed by atoms with Gasteiger partial charge in [-0.3, -0.25) is 0 Å². The Kier molecular flexibility index (Phi) is 5.16. The Morgan fingerprint density at radius 2 is 0.907 bits per heavy atom. The van der Waals surface area contributed by atoms with Gasteiger partial charge < -0.3 is 4.42 Å². The van der Waals surface area contributed by atoms with Crippen molar-refractivity contribution >= 4 is 54.3 Å². The van der Waals surface area contributed by atoms with Gasteiger partial charge >= 0.3 is 0 Å². The second-order valence-electron chi connectivity index (χ2n) is 10.8. The minimum Gasteiger partial charge on any atom is -0.456 e. The number of para-hydroxylation sites is 1. The monoisotopic (exact) mass is 549 g/mol. The molecule has 4 nitrogen and oxygen atoms in total. The fourth-order valence-corrected chi connectivity index (χ4v) is 6.27. The van der Waals surface area contributed by atoms with Gasteiger partial charge in [-0.25, -0.2) is 15.0 Å². The molecule has 2 heterocycles. The van der Waals surface area contributed by atoms with Crippen LogP contribution < -0.4 is 0 Å². The molecule has 0 amide bonds. The molecule has 0 saturated carbocycles. The third-order valence-corrected chi connectivity index (χ3v) is 8.29. The summed E-state index contributed by atoms with van der Waals surface area (Å²) in [6.45, 7) is 0. The molecule has 0 aliphatic carbocycles. The van der Waals surface area contributed by atoms with Crippen molar-refractivity contribution < 1.29 is 4.42 Å². The van der Waals surface area contributed by atoms with E-state index in [2.05, 4.69) is 66.7 Å². The molecule has 0 unspecified atom stereocenters. The largest absolute Gasteiger partial charge is 0.456 e. The second kappa shape index (κ2) is 9.33. The average Bonchev–Trinajstić information content (AvgIpc) is 3.47. The number of aromatic nitrogens is 3. The maximum Gasteiger partial charge on any atom is 0.164 e. The molecule has 4 heteroatoms. The van der Waals surface area contributed by atoms with E-state index >= 15 is 0 Å². The molecule has 2 aromatic heterocycles. The number of hydrogen-bond acceptors (Lipinski definition) is 4. The molecule has 0 spiro atoms. The van der Waals surface area contributed by atoms with E-state index in [4.69, 9.17) is 19.4 Å². The van der Waals surface area contributed by atoms with Crippen molar-refractivity contribution in [2.45, 2.75) is 0 Å². The second-order valence-corrected chi connectivity index (χ2v) is 10.8. The fraction of sp³-hybridized carbons (Fsp3) is 0. The summed E-state index contributed by atoms with van der Waals surface area (Å²) in [4.78, 5) is 14.7. The van der Waals surface area contributed by atoms with Crippen LogP contribution in [0.25, 0.3) is 88.4 Å². The molecule has 0 N–H and O–H groups in total. The van der Waals surface area contributed by atoms with Crippen LogP contribution in [0.1, 0.15) is 0 Å². The van der Waals surface area contributed by atoms with Crippen LogP contribution in [0.4, 0.5) is 0 Å². The van der Waals surface area contributed by atoms with E-state index in [1.807, 2.05) is 72.8 Å². The maximum absolute atomic E-state index is 6.19. The Morgan fingerprint density at radius 1 is 0.349 bits per heavy atom. The normalized spacial score (nSPS) is 11.7. The lowest BCUT2D eigenvalue weighted by atomic mass is 9.93. The first-order valence-corrected chi connectivity index (χ1v) is 14.4. The van der Waals surface area contributed by atoms with Gasteiger partial charge in [0.2, 0.25) is 0 Å². The first-order chi connectivity index (χ1) is 21.3. The van der Waals surface area contributed by atoms with E-state index in [1.54, 1.807) is 0 Å². The summed E-state index contributed by atoms with van der Waals surface area (Å²) < 4.78 is 6.19. The molecule has 0 aliphatic rings. The minimum absolute atomic E-state index is 0.652. The van der Waals surface area contributed by atoms with Crippen LogP contribution in [-0.2, 0) is 0 Å². The van der Waals surface area contributed by atoms with E-state index < -0.39 is 0 Å². The Hall–Kier alpha value is -5.87. The zero-order valence-electron chi connectivity index (χ0n) is 23.0.